The molecule has 1 aliphatic rings. The zero-order chi connectivity index (χ0) is 18.5. The van der Waals surface area contributed by atoms with Crippen molar-refractivity contribution in [3.05, 3.63) is 54.1 Å². The molecule has 26 heavy (non-hydrogen) atoms. The van der Waals surface area contributed by atoms with Crippen molar-refractivity contribution in [3.63, 3.8) is 0 Å². The Hall–Kier alpha value is -2.82. The van der Waals surface area contributed by atoms with E-state index < -0.39 is 0 Å². The van der Waals surface area contributed by atoms with Crippen molar-refractivity contribution in [1.29, 1.82) is 0 Å². The van der Waals surface area contributed by atoms with Crippen LogP contribution < -0.4 is 15.0 Å². The molecule has 0 radical (unpaired) electrons. The fourth-order valence-corrected chi connectivity index (χ4v) is 3.26. The highest BCUT2D eigenvalue weighted by molar-refractivity contribution is 6.04. The lowest BCUT2D eigenvalue weighted by molar-refractivity contribution is -0.122. The number of anilines is 2. The number of ether oxygens (including phenoxy) is 1. The number of nitrogens with one attached hydrogen (secondary N) is 1. The van der Waals surface area contributed by atoms with E-state index >= 15 is 0 Å². The minimum atomic E-state index is -0.372. The van der Waals surface area contributed by atoms with Crippen LogP contribution in [0.1, 0.15) is 25.3 Å². The van der Waals surface area contributed by atoms with E-state index in [0.717, 1.165) is 18.5 Å². The highest BCUT2D eigenvalue weighted by Crippen LogP contribution is 2.33. The molecule has 136 valence electrons. The molecular weight excluding hydrogens is 328 g/mol. The van der Waals surface area contributed by atoms with Gasteiger partial charge in [-0.05, 0) is 36.2 Å². The molecule has 1 fully saturated rings. The number of nitrogens with zero attached hydrogens (tertiary/aromatic N) is 1. The lowest BCUT2D eigenvalue weighted by atomic mass is 10.1. The first-order valence-electron chi connectivity index (χ1n) is 8.95. The third-order valence-electron chi connectivity index (χ3n) is 4.63. The molecule has 0 bridgehead atoms. The molecule has 2 aromatic carbocycles. The summed E-state index contributed by atoms with van der Waals surface area (Å²) in [5.74, 6) is 0.0723. The van der Waals surface area contributed by atoms with Gasteiger partial charge in [0.15, 0.2) is 0 Å². The molecule has 1 aliphatic heterocycles. The molecule has 1 atom stereocenters. The second-order valence-corrected chi connectivity index (χ2v) is 6.51. The van der Waals surface area contributed by atoms with Crippen LogP contribution in [0.15, 0.2) is 48.5 Å². The Morgan fingerprint density at radius 2 is 1.92 bits per heavy atom. The van der Waals surface area contributed by atoms with Crippen molar-refractivity contribution in [2.45, 2.75) is 26.2 Å². The van der Waals surface area contributed by atoms with Crippen molar-refractivity contribution < 1.29 is 14.3 Å². The molecular formula is C21H24N2O3. The molecule has 2 aromatic rings. The van der Waals surface area contributed by atoms with Crippen LogP contribution in [0, 0.1) is 5.92 Å². The number of aryl methyl sites for hydroxylation is 1. The normalized spacial score (nSPS) is 16.6. The fourth-order valence-electron chi connectivity index (χ4n) is 3.26. The molecule has 0 aromatic heterocycles. The van der Waals surface area contributed by atoms with Crippen LogP contribution in [-0.4, -0.2) is 25.5 Å². The molecule has 5 heteroatoms. The minimum absolute atomic E-state index is 0.0621. The van der Waals surface area contributed by atoms with Crippen LogP contribution in [-0.2, 0) is 16.0 Å². The molecule has 0 spiro atoms. The van der Waals surface area contributed by atoms with Gasteiger partial charge < -0.3 is 15.0 Å². The van der Waals surface area contributed by atoms with Gasteiger partial charge in [-0.3, -0.25) is 9.59 Å². The van der Waals surface area contributed by atoms with E-state index in [2.05, 4.69) is 12.2 Å². The molecule has 0 aliphatic carbocycles. The molecule has 0 saturated carbocycles. The van der Waals surface area contributed by atoms with Gasteiger partial charge in [-0.2, -0.15) is 0 Å². The Labute approximate surface area is 154 Å². The highest BCUT2D eigenvalue weighted by Gasteiger charge is 2.36. The van der Waals surface area contributed by atoms with Crippen molar-refractivity contribution in [2.75, 3.05) is 23.9 Å². The molecule has 5 nitrogen and oxygen atoms in total. The van der Waals surface area contributed by atoms with Gasteiger partial charge in [0.2, 0.25) is 11.8 Å². The summed E-state index contributed by atoms with van der Waals surface area (Å²) in [6.45, 7) is 2.50. The number of para-hydroxylation sites is 2. The topological polar surface area (TPSA) is 58.6 Å². The summed E-state index contributed by atoms with van der Waals surface area (Å²) in [5, 5.41) is 2.93. The Balaban J connectivity index is 1.67. The van der Waals surface area contributed by atoms with Gasteiger partial charge in [0.25, 0.3) is 0 Å². The maximum absolute atomic E-state index is 12.6. The summed E-state index contributed by atoms with van der Waals surface area (Å²) in [6, 6.07) is 15.2. The largest absolute Gasteiger partial charge is 0.495 e. The first-order valence-corrected chi connectivity index (χ1v) is 8.95. The minimum Gasteiger partial charge on any atom is -0.495 e. The summed E-state index contributed by atoms with van der Waals surface area (Å²) in [5.41, 5.74) is 2.72. The number of hydrogen-bond acceptors (Lipinski definition) is 3. The SMILES string of the molecule is CCCc1ccc(NC(=O)C2CC(=O)N(c3ccccc3OC)C2)cc1. The average molecular weight is 352 g/mol. The molecule has 1 N–H and O–H groups in total. The third-order valence-corrected chi connectivity index (χ3v) is 4.63. The van der Waals surface area contributed by atoms with Gasteiger partial charge in [-0.1, -0.05) is 37.6 Å². The standard InChI is InChI=1S/C21H24N2O3/c1-3-6-15-9-11-17(12-10-15)22-21(25)16-13-20(24)23(14-16)18-7-4-5-8-19(18)26-2/h4-5,7-12,16H,3,6,13-14H2,1-2H3,(H,22,25). The Bertz CT molecular complexity index is 786. The van der Waals surface area contributed by atoms with E-state index in [1.54, 1.807) is 12.0 Å². The number of methoxy groups -OCH3 is 1. The molecule has 2 amide bonds. The van der Waals surface area contributed by atoms with Crippen molar-refractivity contribution >= 4 is 23.2 Å². The van der Waals surface area contributed by atoms with Crippen LogP contribution in [0.5, 0.6) is 5.75 Å². The monoisotopic (exact) mass is 352 g/mol. The predicted octanol–water partition coefficient (Wildman–Crippen LogP) is 3.64. The smallest absolute Gasteiger partial charge is 0.229 e. The lowest BCUT2D eigenvalue weighted by Crippen LogP contribution is -2.28. The van der Waals surface area contributed by atoms with E-state index in [0.29, 0.717) is 18.0 Å². The molecule has 1 unspecified atom stereocenters. The van der Waals surface area contributed by atoms with Crippen LogP contribution in [0.3, 0.4) is 0 Å². The molecule has 3 rings (SSSR count). The predicted molar refractivity (Wildman–Crippen MR) is 103 cm³/mol. The maximum Gasteiger partial charge on any atom is 0.229 e. The summed E-state index contributed by atoms with van der Waals surface area (Å²) in [7, 11) is 1.58. The van der Waals surface area contributed by atoms with Gasteiger partial charge in [-0.25, -0.2) is 0 Å². The maximum atomic E-state index is 12.6. The number of amides is 2. The van der Waals surface area contributed by atoms with Crippen LogP contribution in [0.2, 0.25) is 0 Å². The van der Waals surface area contributed by atoms with Crippen molar-refractivity contribution in [1.82, 2.24) is 0 Å². The average Bonchev–Trinajstić information content (AvgIpc) is 3.05. The summed E-state index contributed by atoms with van der Waals surface area (Å²) < 4.78 is 5.33. The Morgan fingerprint density at radius 3 is 2.62 bits per heavy atom. The summed E-state index contributed by atoms with van der Waals surface area (Å²) >= 11 is 0. The van der Waals surface area contributed by atoms with Gasteiger partial charge in [0.05, 0.1) is 18.7 Å². The second kappa shape index (κ2) is 8.04. The van der Waals surface area contributed by atoms with Crippen LogP contribution in [0.4, 0.5) is 11.4 Å². The van der Waals surface area contributed by atoms with E-state index in [1.165, 1.54) is 5.56 Å². The lowest BCUT2D eigenvalue weighted by Gasteiger charge is -2.19. The quantitative estimate of drug-likeness (QED) is 0.863. The van der Waals surface area contributed by atoms with E-state index in [-0.39, 0.29) is 24.2 Å². The van der Waals surface area contributed by atoms with Gasteiger partial charge >= 0.3 is 0 Å². The van der Waals surface area contributed by atoms with Crippen molar-refractivity contribution in [3.8, 4) is 5.75 Å². The summed E-state index contributed by atoms with van der Waals surface area (Å²) in [4.78, 5) is 26.6. The van der Waals surface area contributed by atoms with Crippen LogP contribution >= 0.6 is 0 Å². The third kappa shape index (κ3) is 3.87. The molecule has 1 saturated heterocycles. The van der Waals surface area contributed by atoms with Crippen LogP contribution in [0.25, 0.3) is 0 Å². The van der Waals surface area contributed by atoms with Gasteiger partial charge in [-0.15, -0.1) is 0 Å². The van der Waals surface area contributed by atoms with Gasteiger partial charge in [0, 0.05) is 18.7 Å². The zero-order valence-corrected chi connectivity index (χ0v) is 15.2. The number of carbonyl (C=O) groups excluding carboxylic acids is 2. The fraction of sp³-hybridized carbons (Fsp3) is 0.333. The van der Waals surface area contributed by atoms with E-state index in [1.807, 2.05) is 48.5 Å². The number of carbonyl (C=O) groups is 2. The number of benzene rings is 2. The van der Waals surface area contributed by atoms with E-state index in [9.17, 15) is 9.59 Å². The Morgan fingerprint density at radius 1 is 1.19 bits per heavy atom. The Kier molecular flexibility index (Phi) is 5.56. The number of rotatable bonds is 6. The second-order valence-electron chi connectivity index (χ2n) is 6.51. The zero-order valence-electron chi connectivity index (χ0n) is 15.2. The van der Waals surface area contributed by atoms with Gasteiger partial charge in [0.1, 0.15) is 5.75 Å². The first kappa shape index (κ1) is 18.0. The summed E-state index contributed by atoms with van der Waals surface area (Å²) in [6.07, 6.45) is 2.33. The number of hydrogen-bond donors (Lipinski definition) is 1. The highest BCUT2D eigenvalue weighted by atomic mass is 16.5. The van der Waals surface area contributed by atoms with Crippen molar-refractivity contribution in [2.24, 2.45) is 5.92 Å². The first-order chi connectivity index (χ1) is 12.6. The van der Waals surface area contributed by atoms with E-state index in [4.69, 9.17) is 4.74 Å². The molecule has 1 heterocycles.